The quantitative estimate of drug-likeness (QED) is 0.487. The van der Waals surface area contributed by atoms with E-state index < -0.39 is 0 Å². The normalized spacial score (nSPS) is 11.1. The van der Waals surface area contributed by atoms with Crippen molar-refractivity contribution in [3.05, 3.63) is 64.7 Å². The number of methoxy groups -OCH3 is 1. The Labute approximate surface area is 177 Å². The largest absolute Gasteiger partial charge is 0.497 e. The van der Waals surface area contributed by atoms with Crippen LogP contribution in [0.25, 0.3) is 0 Å². The molecule has 156 valence electrons. The van der Waals surface area contributed by atoms with Crippen LogP contribution >= 0.6 is 11.6 Å². The highest BCUT2D eigenvalue weighted by atomic mass is 35.5. The van der Waals surface area contributed by atoms with Crippen molar-refractivity contribution in [2.45, 2.75) is 12.8 Å². The molecule has 0 heterocycles. The maximum absolute atomic E-state index is 11.9. The number of hydrogen-bond donors (Lipinski definition) is 2. The molecule has 0 bridgehead atoms. The molecule has 2 N–H and O–H groups in total. The molecule has 0 aliphatic heterocycles. The topological polar surface area (TPSA) is 66.0 Å². The Kier molecular flexibility index (Phi) is 9.31. The zero-order valence-electron chi connectivity index (χ0n) is 17.2. The zero-order valence-corrected chi connectivity index (χ0v) is 18.0. The molecule has 0 aliphatic rings. The van der Waals surface area contributed by atoms with Crippen LogP contribution < -0.4 is 15.4 Å². The predicted octanol–water partition coefficient (Wildman–Crippen LogP) is 2.76. The highest BCUT2D eigenvalue weighted by molar-refractivity contribution is 6.30. The lowest BCUT2D eigenvalue weighted by molar-refractivity contribution is -0.127. The smallest absolute Gasteiger partial charge is 0.243 e. The average Bonchev–Trinajstić information content (AvgIpc) is 2.71. The molecular formula is C22H29ClN4O2. The minimum absolute atomic E-state index is 0.0453. The van der Waals surface area contributed by atoms with Crippen LogP contribution in [0.4, 0.5) is 0 Å². The lowest BCUT2D eigenvalue weighted by Gasteiger charge is -2.14. The summed E-state index contributed by atoms with van der Waals surface area (Å²) in [6.07, 6.45) is 1.64. The van der Waals surface area contributed by atoms with Gasteiger partial charge in [0.1, 0.15) is 12.3 Å². The number of ether oxygens (including phenoxy) is 1. The molecule has 0 saturated carbocycles. The number of carbonyl (C=O) groups is 1. The average molecular weight is 417 g/mol. The van der Waals surface area contributed by atoms with Gasteiger partial charge in [-0.2, -0.15) is 0 Å². The van der Waals surface area contributed by atoms with Crippen LogP contribution in [-0.2, 0) is 17.6 Å². The van der Waals surface area contributed by atoms with Gasteiger partial charge in [-0.25, -0.2) is 4.99 Å². The van der Waals surface area contributed by atoms with Crippen molar-refractivity contribution >= 4 is 23.5 Å². The minimum Gasteiger partial charge on any atom is -0.497 e. The highest BCUT2D eigenvalue weighted by Crippen LogP contribution is 2.11. The molecule has 0 aliphatic carbocycles. The second-order valence-electron chi connectivity index (χ2n) is 6.78. The summed E-state index contributed by atoms with van der Waals surface area (Å²) in [6, 6.07) is 15.8. The number of likely N-dealkylation sites (N-methyl/N-ethyl adjacent to an activating group) is 1. The molecule has 29 heavy (non-hydrogen) atoms. The summed E-state index contributed by atoms with van der Waals surface area (Å²) in [5, 5.41) is 7.32. The Balaban J connectivity index is 1.88. The Morgan fingerprint density at radius 1 is 1.03 bits per heavy atom. The molecule has 1 amide bonds. The van der Waals surface area contributed by atoms with Crippen LogP contribution in [0.2, 0.25) is 5.02 Å². The van der Waals surface area contributed by atoms with Gasteiger partial charge in [-0.1, -0.05) is 35.9 Å². The first kappa shape index (κ1) is 22.6. The van der Waals surface area contributed by atoms with E-state index in [1.54, 1.807) is 21.2 Å². The van der Waals surface area contributed by atoms with E-state index >= 15 is 0 Å². The van der Waals surface area contributed by atoms with Gasteiger partial charge in [-0.15, -0.1) is 0 Å². The number of amides is 1. The zero-order chi connectivity index (χ0) is 21.1. The van der Waals surface area contributed by atoms with Crippen molar-refractivity contribution in [2.24, 2.45) is 4.99 Å². The molecule has 0 fully saturated rings. The number of rotatable bonds is 9. The van der Waals surface area contributed by atoms with E-state index in [4.69, 9.17) is 16.3 Å². The molecule has 0 radical (unpaired) electrons. The summed E-state index contributed by atoms with van der Waals surface area (Å²) in [6.45, 7) is 1.48. The molecule has 0 aromatic heterocycles. The first-order valence-electron chi connectivity index (χ1n) is 9.57. The summed E-state index contributed by atoms with van der Waals surface area (Å²) in [5.74, 6) is 1.42. The maximum atomic E-state index is 11.9. The van der Waals surface area contributed by atoms with Gasteiger partial charge in [0.05, 0.1) is 7.11 Å². The van der Waals surface area contributed by atoms with Crippen molar-refractivity contribution in [1.82, 2.24) is 15.5 Å². The van der Waals surface area contributed by atoms with Crippen molar-refractivity contribution in [1.29, 1.82) is 0 Å². The van der Waals surface area contributed by atoms with Crippen LogP contribution in [0.5, 0.6) is 5.75 Å². The van der Waals surface area contributed by atoms with E-state index in [-0.39, 0.29) is 12.5 Å². The SMILES string of the molecule is COc1ccc(CCNC(=NCC(=O)N(C)C)NCCc2cccc(Cl)c2)cc1. The number of hydrogen-bond acceptors (Lipinski definition) is 3. The fraction of sp³-hybridized carbons (Fsp3) is 0.364. The van der Waals surface area contributed by atoms with Gasteiger partial charge in [0.15, 0.2) is 5.96 Å². The van der Waals surface area contributed by atoms with Gasteiger partial charge in [-0.3, -0.25) is 4.79 Å². The molecule has 0 saturated heterocycles. The van der Waals surface area contributed by atoms with E-state index in [0.717, 1.165) is 29.2 Å². The van der Waals surface area contributed by atoms with Crippen LogP contribution in [0.1, 0.15) is 11.1 Å². The van der Waals surface area contributed by atoms with Gasteiger partial charge in [0, 0.05) is 32.2 Å². The fourth-order valence-corrected chi connectivity index (χ4v) is 2.81. The second-order valence-corrected chi connectivity index (χ2v) is 7.22. The third-order valence-electron chi connectivity index (χ3n) is 4.33. The van der Waals surface area contributed by atoms with Gasteiger partial charge in [0.25, 0.3) is 0 Å². The van der Waals surface area contributed by atoms with Crippen LogP contribution in [0, 0.1) is 0 Å². The van der Waals surface area contributed by atoms with Crippen LogP contribution in [-0.4, -0.2) is 57.6 Å². The second kappa shape index (κ2) is 12.0. The van der Waals surface area contributed by atoms with E-state index in [1.165, 1.54) is 10.5 Å². The first-order valence-corrected chi connectivity index (χ1v) is 9.95. The fourth-order valence-electron chi connectivity index (χ4n) is 2.60. The Morgan fingerprint density at radius 2 is 1.69 bits per heavy atom. The summed E-state index contributed by atoms with van der Waals surface area (Å²) in [7, 11) is 5.10. The summed E-state index contributed by atoms with van der Waals surface area (Å²) in [5.41, 5.74) is 2.34. The number of halogens is 1. The van der Waals surface area contributed by atoms with Crippen molar-refractivity contribution < 1.29 is 9.53 Å². The standard InChI is InChI=1S/C22H29ClN4O2/c1-27(2)21(28)16-26-22(25-14-12-18-5-4-6-19(23)15-18)24-13-11-17-7-9-20(29-3)10-8-17/h4-10,15H,11-14,16H2,1-3H3,(H2,24,25,26). The number of nitrogens with one attached hydrogen (secondary N) is 2. The molecule has 0 atom stereocenters. The van der Waals surface area contributed by atoms with E-state index in [1.807, 2.05) is 48.5 Å². The Bertz CT molecular complexity index is 807. The van der Waals surface area contributed by atoms with Gasteiger partial charge < -0.3 is 20.3 Å². The van der Waals surface area contributed by atoms with Crippen molar-refractivity contribution in [3.8, 4) is 5.75 Å². The van der Waals surface area contributed by atoms with Gasteiger partial charge in [-0.05, 0) is 48.2 Å². The third-order valence-corrected chi connectivity index (χ3v) is 4.57. The Hall–Kier alpha value is -2.73. The van der Waals surface area contributed by atoms with Gasteiger partial charge >= 0.3 is 0 Å². The number of aliphatic imine (C=N–C) groups is 1. The molecule has 2 aromatic rings. The molecule has 0 unspecified atom stereocenters. The lowest BCUT2D eigenvalue weighted by atomic mass is 10.1. The monoisotopic (exact) mass is 416 g/mol. The number of guanidine groups is 1. The lowest BCUT2D eigenvalue weighted by Crippen LogP contribution is -2.40. The summed E-state index contributed by atoms with van der Waals surface area (Å²) < 4.78 is 5.18. The maximum Gasteiger partial charge on any atom is 0.243 e. The van der Waals surface area contributed by atoms with Crippen molar-refractivity contribution in [2.75, 3.05) is 40.8 Å². The molecule has 7 heteroatoms. The molecule has 0 spiro atoms. The van der Waals surface area contributed by atoms with E-state index in [9.17, 15) is 4.79 Å². The van der Waals surface area contributed by atoms with Crippen molar-refractivity contribution in [3.63, 3.8) is 0 Å². The predicted molar refractivity (Wildman–Crippen MR) is 119 cm³/mol. The first-order chi connectivity index (χ1) is 14.0. The van der Waals surface area contributed by atoms with E-state index in [0.29, 0.717) is 19.0 Å². The summed E-state index contributed by atoms with van der Waals surface area (Å²) >= 11 is 6.04. The third kappa shape index (κ3) is 8.44. The molecule has 2 rings (SSSR count). The minimum atomic E-state index is -0.0453. The van der Waals surface area contributed by atoms with Gasteiger partial charge in [0.2, 0.25) is 5.91 Å². The van der Waals surface area contributed by atoms with Crippen LogP contribution in [0.3, 0.4) is 0 Å². The molecule has 2 aromatic carbocycles. The van der Waals surface area contributed by atoms with Crippen LogP contribution in [0.15, 0.2) is 53.5 Å². The molecule has 6 nitrogen and oxygen atoms in total. The molecular weight excluding hydrogens is 388 g/mol. The summed E-state index contributed by atoms with van der Waals surface area (Å²) in [4.78, 5) is 17.8. The highest BCUT2D eigenvalue weighted by Gasteiger charge is 2.05. The Morgan fingerprint density at radius 3 is 2.28 bits per heavy atom. The number of benzene rings is 2. The number of nitrogens with zero attached hydrogens (tertiary/aromatic N) is 2. The number of carbonyl (C=O) groups excluding carboxylic acids is 1. The van der Waals surface area contributed by atoms with E-state index in [2.05, 4.69) is 15.6 Å².